The van der Waals surface area contributed by atoms with E-state index in [2.05, 4.69) is 34.3 Å². The van der Waals surface area contributed by atoms with Gasteiger partial charge in [-0.25, -0.2) is 10.4 Å². The lowest BCUT2D eigenvalue weighted by atomic mass is 10.0. The molecule has 0 atom stereocenters. The summed E-state index contributed by atoms with van der Waals surface area (Å²) in [5.74, 6) is 0.407. The van der Waals surface area contributed by atoms with Crippen molar-refractivity contribution in [3.05, 3.63) is 33.3 Å². The highest BCUT2D eigenvalue weighted by molar-refractivity contribution is 6.03. The molecule has 0 spiro atoms. The van der Waals surface area contributed by atoms with E-state index in [-0.39, 0.29) is 5.56 Å². The second kappa shape index (κ2) is 7.20. The first-order valence-corrected chi connectivity index (χ1v) is 7.69. The third kappa shape index (κ3) is 4.28. The number of allylic oxidation sites excluding steroid dienone is 2. The zero-order valence-corrected chi connectivity index (χ0v) is 13.1. The van der Waals surface area contributed by atoms with Gasteiger partial charge in [-0.2, -0.15) is 5.10 Å². The first kappa shape index (κ1) is 15.5. The van der Waals surface area contributed by atoms with E-state index in [1.807, 2.05) is 0 Å². The van der Waals surface area contributed by atoms with Gasteiger partial charge in [0.2, 0.25) is 5.95 Å². The normalized spacial score (nSPS) is 16.8. The molecule has 0 radical (unpaired) electrons. The highest BCUT2D eigenvalue weighted by Crippen LogP contribution is 2.27. The van der Waals surface area contributed by atoms with Gasteiger partial charge in [0.05, 0.1) is 5.71 Å². The maximum Gasteiger partial charge on any atom is 0.252 e. The van der Waals surface area contributed by atoms with Crippen LogP contribution in [0.2, 0.25) is 0 Å². The Labute approximate surface area is 125 Å². The molecule has 5 nitrogen and oxygen atoms in total. The summed E-state index contributed by atoms with van der Waals surface area (Å²) in [5, 5.41) is 4.46. The molecular weight excluding hydrogens is 264 g/mol. The van der Waals surface area contributed by atoms with Crippen molar-refractivity contribution in [3.8, 4) is 0 Å². The Morgan fingerprint density at radius 3 is 2.86 bits per heavy atom. The molecule has 5 heteroatoms. The maximum atomic E-state index is 11.4. The Morgan fingerprint density at radius 2 is 2.14 bits per heavy atom. The van der Waals surface area contributed by atoms with Gasteiger partial charge in [0.15, 0.2) is 0 Å². The molecule has 1 aromatic heterocycles. The molecule has 1 aliphatic rings. The SMILES string of the molecule is CCCCCC1=C(C)CC/C1=N/Nc1nc(C)cc(=O)[nH]1. The van der Waals surface area contributed by atoms with Gasteiger partial charge >= 0.3 is 0 Å². The van der Waals surface area contributed by atoms with E-state index in [9.17, 15) is 4.79 Å². The number of aromatic amines is 1. The summed E-state index contributed by atoms with van der Waals surface area (Å²) in [6, 6.07) is 1.47. The molecule has 1 heterocycles. The van der Waals surface area contributed by atoms with Crippen molar-refractivity contribution in [2.24, 2.45) is 5.10 Å². The Hall–Kier alpha value is -1.91. The van der Waals surface area contributed by atoms with E-state index in [1.165, 1.54) is 36.5 Å². The zero-order valence-electron chi connectivity index (χ0n) is 13.1. The van der Waals surface area contributed by atoms with Crippen LogP contribution in [0.1, 0.15) is 58.1 Å². The lowest BCUT2D eigenvalue weighted by molar-refractivity contribution is 0.720. The number of hydrogen-bond donors (Lipinski definition) is 2. The van der Waals surface area contributed by atoms with Gasteiger partial charge in [-0.3, -0.25) is 9.78 Å². The second-order valence-electron chi connectivity index (χ2n) is 5.62. The van der Waals surface area contributed by atoms with Gasteiger partial charge in [-0.15, -0.1) is 0 Å². The molecule has 2 N–H and O–H groups in total. The molecule has 0 aromatic carbocycles. The number of nitrogens with one attached hydrogen (secondary N) is 2. The lowest BCUT2D eigenvalue weighted by Crippen LogP contribution is -2.11. The van der Waals surface area contributed by atoms with Gasteiger partial charge in [0, 0.05) is 11.8 Å². The predicted octanol–water partition coefficient (Wildman–Crippen LogP) is 3.54. The predicted molar refractivity (Wildman–Crippen MR) is 86.7 cm³/mol. The molecule has 114 valence electrons. The quantitative estimate of drug-likeness (QED) is 0.621. The van der Waals surface area contributed by atoms with Crippen molar-refractivity contribution in [2.45, 2.75) is 59.3 Å². The van der Waals surface area contributed by atoms with E-state index in [1.54, 1.807) is 6.92 Å². The third-order valence-electron chi connectivity index (χ3n) is 3.80. The van der Waals surface area contributed by atoms with Crippen molar-refractivity contribution < 1.29 is 0 Å². The monoisotopic (exact) mass is 288 g/mol. The lowest BCUT2D eigenvalue weighted by Gasteiger charge is -2.07. The third-order valence-corrected chi connectivity index (χ3v) is 3.80. The van der Waals surface area contributed by atoms with E-state index < -0.39 is 0 Å². The van der Waals surface area contributed by atoms with E-state index in [0.717, 1.165) is 25.0 Å². The summed E-state index contributed by atoms with van der Waals surface area (Å²) < 4.78 is 0. The number of aryl methyl sites for hydroxylation is 1. The number of rotatable bonds is 6. The van der Waals surface area contributed by atoms with Crippen LogP contribution in [0.15, 0.2) is 27.1 Å². The van der Waals surface area contributed by atoms with Gasteiger partial charge in [0.1, 0.15) is 0 Å². The fourth-order valence-electron chi connectivity index (χ4n) is 2.64. The molecule has 0 aliphatic heterocycles. The van der Waals surface area contributed by atoms with Crippen molar-refractivity contribution in [2.75, 3.05) is 5.43 Å². The summed E-state index contributed by atoms with van der Waals surface area (Å²) in [6.45, 7) is 6.20. The van der Waals surface area contributed by atoms with Gasteiger partial charge < -0.3 is 0 Å². The van der Waals surface area contributed by atoms with Gasteiger partial charge in [0.25, 0.3) is 5.56 Å². The van der Waals surface area contributed by atoms with Crippen LogP contribution in [-0.2, 0) is 0 Å². The summed E-state index contributed by atoms with van der Waals surface area (Å²) in [5.41, 5.74) is 7.35. The molecule has 0 unspecified atom stereocenters. The largest absolute Gasteiger partial charge is 0.291 e. The molecule has 0 amide bonds. The Morgan fingerprint density at radius 1 is 1.33 bits per heavy atom. The fraction of sp³-hybridized carbons (Fsp3) is 0.562. The Kier molecular flexibility index (Phi) is 5.31. The first-order valence-electron chi connectivity index (χ1n) is 7.69. The fourth-order valence-corrected chi connectivity index (χ4v) is 2.64. The zero-order chi connectivity index (χ0) is 15.2. The minimum atomic E-state index is -0.161. The van der Waals surface area contributed by atoms with Crippen molar-refractivity contribution >= 4 is 11.7 Å². The van der Waals surface area contributed by atoms with Crippen LogP contribution in [0.4, 0.5) is 5.95 Å². The standard InChI is InChI=1S/C16H24N4O/c1-4-5-6-7-13-11(2)8-9-14(13)19-20-16-17-12(3)10-15(21)18-16/h10H,4-9H2,1-3H3,(H2,17,18,20,21)/b19-14-. The van der Waals surface area contributed by atoms with Crippen LogP contribution in [0.3, 0.4) is 0 Å². The van der Waals surface area contributed by atoms with E-state index in [0.29, 0.717) is 11.6 Å². The summed E-state index contributed by atoms with van der Waals surface area (Å²) in [7, 11) is 0. The molecule has 0 fully saturated rings. The second-order valence-corrected chi connectivity index (χ2v) is 5.62. The minimum absolute atomic E-state index is 0.161. The highest BCUT2D eigenvalue weighted by atomic mass is 16.1. The molecule has 21 heavy (non-hydrogen) atoms. The van der Waals surface area contributed by atoms with E-state index >= 15 is 0 Å². The van der Waals surface area contributed by atoms with Crippen LogP contribution in [0, 0.1) is 6.92 Å². The molecule has 0 saturated heterocycles. The van der Waals surface area contributed by atoms with Crippen LogP contribution in [0.5, 0.6) is 0 Å². The van der Waals surface area contributed by atoms with Gasteiger partial charge in [-0.1, -0.05) is 25.3 Å². The van der Waals surface area contributed by atoms with Crippen LogP contribution >= 0.6 is 0 Å². The summed E-state index contributed by atoms with van der Waals surface area (Å²) >= 11 is 0. The van der Waals surface area contributed by atoms with Gasteiger partial charge in [-0.05, 0) is 45.1 Å². The minimum Gasteiger partial charge on any atom is -0.291 e. The first-order chi connectivity index (χ1) is 10.1. The summed E-state index contributed by atoms with van der Waals surface area (Å²) in [6.07, 6.45) is 6.84. The number of H-pyrrole nitrogens is 1. The van der Waals surface area contributed by atoms with Crippen molar-refractivity contribution in [1.29, 1.82) is 0 Å². The number of hydrazone groups is 1. The Balaban J connectivity index is 2.07. The van der Waals surface area contributed by atoms with Crippen LogP contribution < -0.4 is 11.0 Å². The van der Waals surface area contributed by atoms with E-state index in [4.69, 9.17) is 0 Å². The number of aromatic nitrogens is 2. The number of anilines is 1. The topological polar surface area (TPSA) is 70.1 Å². The molecule has 1 aromatic rings. The average Bonchev–Trinajstić information content (AvgIpc) is 2.77. The van der Waals surface area contributed by atoms with Crippen LogP contribution in [0.25, 0.3) is 0 Å². The number of unbranched alkanes of at least 4 members (excludes halogenated alkanes) is 2. The highest BCUT2D eigenvalue weighted by Gasteiger charge is 2.18. The average molecular weight is 288 g/mol. The van der Waals surface area contributed by atoms with Crippen LogP contribution in [-0.4, -0.2) is 15.7 Å². The Bertz CT molecular complexity index is 613. The maximum absolute atomic E-state index is 11.4. The molecule has 0 saturated carbocycles. The molecular formula is C16H24N4O. The number of hydrogen-bond acceptors (Lipinski definition) is 4. The van der Waals surface area contributed by atoms with Crippen molar-refractivity contribution in [1.82, 2.24) is 9.97 Å². The molecule has 1 aliphatic carbocycles. The van der Waals surface area contributed by atoms with Crippen molar-refractivity contribution in [3.63, 3.8) is 0 Å². The molecule has 0 bridgehead atoms. The summed E-state index contributed by atoms with van der Waals surface area (Å²) in [4.78, 5) is 18.3. The smallest absolute Gasteiger partial charge is 0.252 e. The molecule has 2 rings (SSSR count). The number of nitrogens with zero attached hydrogens (tertiary/aromatic N) is 2.